The number of esters is 1. The van der Waals surface area contributed by atoms with Gasteiger partial charge in [-0.1, -0.05) is 23.9 Å². The first kappa shape index (κ1) is 21.7. The minimum absolute atomic E-state index is 0.0784. The van der Waals surface area contributed by atoms with Crippen LogP contribution in [0.2, 0.25) is 0 Å². The SMILES string of the molecule is CCOC(=O)C1=C(O)/C(=C\c2cccc([N+](=O)[O-])c2)SC1=Nc1ccc([N+](=O)[O-])cc1. The largest absolute Gasteiger partial charge is 0.506 e. The minimum Gasteiger partial charge on any atom is -0.506 e. The van der Waals surface area contributed by atoms with E-state index in [1.54, 1.807) is 13.0 Å². The molecule has 10 nitrogen and oxygen atoms in total. The van der Waals surface area contributed by atoms with E-state index in [4.69, 9.17) is 4.74 Å². The zero-order valence-electron chi connectivity index (χ0n) is 16.0. The molecule has 3 rings (SSSR count). The molecule has 0 aromatic heterocycles. The zero-order valence-corrected chi connectivity index (χ0v) is 16.9. The Balaban J connectivity index is 2.02. The van der Waals surface area contributed by atoms with Crippen molar-refractivity contribution in [1.29, 1.82) is 0 Å². The molecule has 11 heteroatoms. The van der Waals surface area contributed by atoms with Crippen LogP contribution in [0.25, 0.3) is 6.08 Å². The third-order valence-corrected chi connectivity index (χ3v) is 5.06. The van der Waals surface area contributed by atoms with Gasteiger partial charge in [0.1, 0.15) is 16.4 Å². The first-order valence-electron chi connectivity index (χ1n) is 8.88. The number of aliphatic imine (C=N–C) groups is 1. The van der Waals surface area contributed by atoms with E-state index >= 15 is 0 Å². The summed E-state index contributed by atoms with van der Waals surface area (Å²) in [4.78, 5) is 37.7. The Morgan fingerprint density at radius 3 is 2.42 bits per heavy atom. The van der Waals surface area contributed by atoms with Crippen LogP contribution in [0.5, 0.6) is 0 Å². The number of hydrogen-bond donors (Lipinski definition) is 1. The van der Waals surface area contributed by atoms with Gasteiger partial charge >= 0.3 is 5.97 Å². The summed E-state index contributed by atoms with van der Waals surface area (Å²) >= 11 is 0.978. The van der Waals surface area contributed by atoms with E-state index < -0.39 is 15.8 Å². The Bertz CT molecular complexity index is 1150. The molecule has 1 heterocycles. The number of ether oxygens (including phenoxy) is 1. The summed E-state index contributed by atoms with van der Waals surface area (Å²) in [5.74, 6) is -1.15. The molecule has 0 spiro atoms. The van der Waals surface area contributed by atoms with Crippen LogP contribution in [0.1, 0.15) is 12.5 Å². The van der Waals surface area contributed by atoms with Gasteiger partial charge < -0.3 is 9.84 Å². The maximum absolute atomic E-state index is 12.4. The average molecular weight is 441 g/mol. The van der Waals surface area contributed by atoms with Crippen LogP contribution in [-0.2, 0) is 9.53 Å². The minimum atomic E-state index is -0.782. The van der Waals surface area contributed by atoms with Crippen molar-refractivity contribution in [2.75, 3.05) is 6.61 Å². The van der Waals surface area contributed by atoms with Crippen molar-refractivity contribution < 1.29 is 24.5 Å². The fourth-order valence-electron chi connectivity index (χ4n) is 2.64. The van der Waals surface area contributed by atoms with Gasteiger partial charge in [0.25, 0.3) is 11.4 Å². The predicted octanol–water partition coefficient (Wildman–Crippen LogP) is 4.70. The van der Waals surface area contributed by atoms with Crippen LogP contribution in [0.4, 0.5) is 17.1 Å². The Kier molecular flexibility index (Phi) is 6.46. The summed E-state index contributed by atoms with van der Waals surface area (Å²) in [6, 6.07) is 11.1. The second-order valence-corrected chi connectivity index (χ2v) is 7.13. The summed E-state index contributed by atoms with van der Waals surface area (Å²) in [6.07, 6.45) is 1.49. The van der Waals surface area contributed by atoms with Crippen molar-refractivity contribution in [1.82, 2.24) is 0 Å². The number of carbonyl (C=O) groups is 1. The van der Waals surface area contributed by atoms with Gasteiger partial charge in [-0.15, -0.1) is 0 Å². The molecule has 1 aliphatic heterocycles. The molecule has 0 aliphatic carbocycles. The summed E-state index contributed by atoms with van der Waals surface area (Å²) < 4.78 is 5.01. The number of aliphatic hydroxyl groups excluding tert-OH is 1. The monoisotopic (exact) mass is 441 g/mol. The van der Waals surface area contributed by atoms with E-state index in [1.807, 2.05) is 0 Å². The molecule has 0 atom stereocenters. The standard InChI is InChI=1S/C20H15N3O7S/c1-2-30-20(25)17-18(24)16(11-12-4-3-5-15(10-12)23(28)29)31-19(17)21-13-6-8-14(9-7-13)22(26)27/h3-11,24H,2H2,1H3/b16-11+,21-19?. The lowest BCUT2D eigenvalue weighted by molar-refractivity contribution is -0.385. The number of aliphatic hydroxyl groups is 1. The lowest BCUT2D eigenvalue weighted by Crippen LogP contribution is -2.12. The smallest absolute Gasteiger partial charge is 0.344 e. The van der Waals surface area contributed by atoms with Crippen molar-refractivity contribution in [2.24, 2.45) is 4.99 Å². The second kappa shape index (κ2) is 9.22. The second-order valence-electron chi connectivity index (χ2n) is 6.10. The molecular formula is C20H15N3O7S. The maximum Gasteiger partial charge on any atom is 0.344 e. The predicted molar refractivity (Wildman–Crippen MR) is 115 cm³/mol. The van der Waals surface area contributed by atoms with Crippen LogP contribution >= 0.6 is 11.8 Å². The lowest BCUT2D eigenvalue weighted by Gasteiger charge is -2.03. The molecule has 31 heavy (non-hydrogen) atoms. The number of carbonyl (C=O) groups excluding carboxylic acids is 1. The number of rotatable bonds is 6. The summed E-state index contributed by atoms with van der Waals surface area (Å²) in [6.45, 7) is 1.69. The normalized spacial score (nSPS) is 16.0. The molecule has 1 aliphatic rings. The molecular weight excluding hydrogens is 426 g/mol. The highest BCUT2D eigenvalue weighted by atomic mass is 32.2. The molecule has 0 amide bonds. The molecule has 158 valence electrons. The van der Waals surface area contributed by atoms with E-state index in [0.717, 1.165) is 11.8 Å². The number of nitro groups is 2. The highest BCUT2D eigenvalue weighted by molar-refractivity contribution is 8.18. The van der Waals surface area contributed by atoms with Gasteiger partial charge in [0.2, 0.25) is 0 Å². The highest BCUT2D eigenvalue weighted by Crippen LogP contribution is 2.40. The lowest BCUT2D eigenvalue weighted by atomic mass is 10.1. The van der Waals surface area contributed by atoms with Gasteiger partial charge in [-0.25, -0.2) is 9.79 Å². The summed E-state index contributed by atoms with van der Waals surface area (Å²) in [5, 5.41) is 32.6. The van der Waals surface area contributed by atoms with Gasteiger partial charge in [-0.2, -0.15) is 0 Å². The van der Waals surface area contributed by atoms with E-state index in [0.29, 0.717) is 11.3 Å². The summed E-state index contributed by atoms with van der Waals surface area (Å²) in [7, 11) is 0. The first-order valence-corrected chi connectivity index (χ1v) is 9.70. The molecule has 0 bridgehead atoms. The van der Waals surface area contributed by atoms with Gasteiger partial charge in [0.15, 0.2) is 0 Å². The number of nitro benzene ring substituents is 2. The molecule has 2 aromatic carbocycles. The number of benzene rings is 2. The van der Waals surface area contributed by atoms with Crippen molar-refractivity contribution in [3.8, 4) is 0 Å². The van der Waals surface area contributed by atoms with Crippen LogP contribution in [0.3, 0.4) is 0 Å². The van der Waals surface area contributed by atoms with Crippen molar-refractivity contribution in [3.05, 3.63) is 90.6 Å². The molecule has 0 unspecified atom stereocenters. The Morgan fingerprint density at radius 1 is 1.13 bits per heavy atom. The fraction of sp³-hybridized carbons (Fsp3) is 0.100. The van der Waals surface area contributed by atoms with E-state index in [1.165, 1.54) is 48.5 Å². The first-order chi connectivity index (χ1) is 14.8. The third-order valence-electron chi connectivity index (χ3n) is 4.04. The molecule has 2 aromatic rings. The maximum atomic E-state index is 12.4. The van der Waals surface area contributed by atoms with Gasteiger partial charge in [-0.3, -0.25) is 20.2 Å². The molecule has 0 fully saturated rings. The molecule has 1 N–H and O–H groups in total. The average Bonchev–Trinajstić information content (AvgIpc) is 3.03. The molecule has 0 radical (unpaired) electrons. The van der Waals surface area contributed by atoms with Gasteiger partial charge in [-0.05, 0) is 30.7 Å². The third kappa shape index (κ3) is 4.95. The topological polar surface area (TPSA) is 145 Å². The number of nitrogens with zero attached hydrogens (tertiary/aromatic N) is 3. The van der Waals surface area contributed by atoms with E-state index in [9.17, 15) is 30.1 Å². The van der Waals surface area contributed by atoms with E-state index in [-0.39, 0.29) is 39.3 Å². The Hall–Kier alpha value is -3.99. The van der Waals surface area contributed by atoms with Crippen LogP contribution in [0.15, 0.2) is 69.8 Å². The highest BCUT2D eigenvalue weighted by Gasteiger charge is 2.33. The number of thioether (sulfide) groups is 1. The summed E-state index contributed by atoms with van der Waals surface area (Å²) in [5.41, 5.74) is 0.397. The van der Waals surface area contributed by atoms with Crippen molar-refractivity contribution in [3.63, 3.8) is 0 Å². The fourth-order valence-corrected chi connectivity index (χ4v) is 3.67. The quantitative estimate of drug-likeness (QED) is 0.386. The number of hydrogen-bond acceptors (Lipinski definition) is 9. The van der Waals surface area contributed by atoms with Crippen LogP contribution in [-0.4, -0.2) is 32.6 Å². The molecule has 0 saturated carbocycles. The van der Waals surface area contributed by atoms with Gasteiger partial charge in [0, 0.05) is 24.3 Å². The van der Waals surface area contributed by atoms with Crippen LogP contribution in [0, 0.1) is 20.2 Å². The van der Waals surface area contributed by atoms with Crippen molar-refractivity contribution >= 4 is 45.9 Å². The number of non-ortho nitro benzene ring substituents is 2. The van der Waals surface area contributed by atoms with Crippen LogP contribution < -0.4 is 0 Å². The Morgan fingerprint density at radius 2 is 1.81 bits per heavy atom. The van der Waals surface area contributed by atoms with E-state index in [2.05, 4.69) is 4.99 Å². The van der Waals surface area contributed by atoms with Gasteiger partial charge in [0.05, 0.1) is 27.0 Å². The molecule has 0 saturated heterocycles. The Labute approximate surface area is 179 Å². The van der Waals surface area contributed by atoms with Crippen molar-refractivity contribution in [2.45, 2.75) is 6.92 Å². The zero-order chi connectivity index (χ0) is 22.5.